The Balaban J connectivity index is 1.88. The van der Waals surface area contributed by atoms with Crippen molar-refractivity contribution in [2.75, 3.05) is 18.4 Å². The minimum absolute atomic E-state index is 0.120. The van der Waals surface area contributed by atoms with Gasteiger partial charge in [0.1, 0.15) is 0 Å². The molecule has 1 fully saturated rings. The molecule has 1 unspecified atom stereocenters. The van der Waals surface area contributed by atoms with Gasteiger partial charge in [-0.3, -0.25) is 9.59 Å². The van der Waals surface area contributed by atoms with Crippen LogP contribution in [-0.2, 0) is 9.59 Å². The van der Waals surface area contributed by atoms with E-state index >= 15 is 0 Å². The third-order valence-corrected chi connectivity index (χ3v) is 2.90. The van der Waals surface area contributed by atoms with E-state index in [1.165, 1.54) is 0 Å². The van der Waals surface area contributed by atoms with E-state index in [0.717, 1.165) is 0 Å². The van der Waals surface area contributed by atoms with Crippen molar-refractivity contribution in [2.45, 2.75) is 12.5 Å². The van der Waals surface area contributed by atoms with Gasteiger partial charge in [0.15, 0.2) is 0 Å². The number of carbonyl (C=O) groups is 2. The molecule has 2 amide bonds. The summed E-state index contributed by atoms with van der Waals surface area (Å²) in [5, 5.41) is 9.04. The van der Waals surface area contributed by atoms with Crippen molar-refractivity contribution in [1.29, 1.82) is 0 Å². The fourth-order valence-electron chi connectivity index (χ4n) is 1.74. The van der Waals surface area contributed by atoms with Gasteiger partial charge in [0, 0.05) is 23.8 Å². The van der Waals surface area contributed by atoms with E-state index in [0.29, 0.717) is 23.8 Å². The maximum Gasteiger partial charge on any atom is 0.237 e. The Labute approximate surface area is 110 Å². The molecule has 1 saturated heterocycles. The number of hydrogen-bond donors (Lipinski definition) is 3. The summed E-state index contributed by atoms with van der Waals surface area (Å²) in [6.45, 7) is 1.29. The summed E-state index contributed by atoms with van der Waals surface area (Å²) < 4.78 is 0. The van der Waals surface area contributed by atoms with Gasteiger partial charge in [-0.05, 0) is 24.3 Å². The molecule has 0 saturated carbocycles. The van der Waals surface area contributed by atoms with Gasteiger partial charge < -0.3 is 16.0 Å². The first-order valence-electron chi connectivity index (χ1n) is 5.71. The molecule has 3 N–H and O–H groups in total. The summed E-state index contributed by atoms with van der Waals surface area (Å²) in [5.74, 6) is -0.334. The number of nitrogens with one attached hydrogen (secondary N) is 3. The second kappa shape index (κ2) is 5.84. The predicted molar refractivity (Wildman–Crippen MR) is 69.5 cm³/mol. The largest absolute Gasteiger partial charge is 0.353 e. The lowest BCUT2D eigenvalue weighted by Gasteiger charge is -2.22. The molecule has 6 heteroatoms. The van der Waals surface area contributed by atoms with E-state index in [4.69, 9.17) is 11.6 Å². The average Bonchev–Trinajstić information content (AvgIpc) is 2.35. The third kappa shape index (κ3) is 3.45. The predicted octanol–water partition coefficient (Wildman–Crippen LogP) is 0.757. The lowest BCUT2D eigenvalue weighted by Crippen LogP contribution is -2.53. The summed E-state index contributed by atoms with van der Waals surface area (Å²) in [7, 11) is 0. The lowest BCUT2D eigenvalue weighted by molar-refractivity contribution is -0.127. The fourth-order valence-corrected chi connectivity index (χ4v) is 1.87. The molecule has 18 heavy (non-hydrogen) atoms. The number of rotatable bonds is 3. The highest BCUT2D eigenvalue weighted by atomic mass is 35.5. The molecule has 1 aliphatic heterocycles. The highest BCUT2D eigenvalue weighted by Gasteiger charge is 2.23. The quantitative estimate of drug-likeness (QED) is 0.757. The normalized spacial score (nSPS) is 19.2. The Kier molecular flexibility index (Phi) is 4.17. The van der Waals surface area contributed by atoms with Gasteiger partial charge in [0.2, 0.25) is 11.8 Å². The standard InChI is InChI=1S/C12H14ClN3O2/c13-8-1-3-9(4-2-8)16-11(17)7-10-12(18)15-6-5-14-10/h1-4,10,14H,5-7H2,(H,15,18)(H,16,17). The molecule has 1 aliphatic rings. The molecular formula is C12H14ClN3O2. The second-order valence-electron chi connectivity index (χ2n) is 4.06. The van der Waals surface area contributed by atoms with Crippen LogP contribution in [0.4, 0.5) is 5.69 Å². The lowest BCUT2D eigenvalue weighted by atomic mass is 10.1. The summed E-state index contributed by atoms with van der Waals surface area (Å²) in [5.41, 5.74) is 0.667. The third-order valence-electron chi connectivity index (χ3n) is 2.65. The Morgan fingerprint density at radius 1 is 1.33 bits per heavy atom. The van der Waals surface area contributed by atoms with Crippen LogP contribution < -0.4 is 16.0 Å². The van der Waals surface area contributed by atoms with E-state index in [2.05, 4.69) is 16.0 Å². The van der Waals surface area contributed by atoms with Crippen LogP contribution in [0.2, 0.25) is 5.02 Å². The molecule has 1 aromatic rings. The number of amides is 2. The molecule has 0 radical (unpaired) electrons. The molecule has 2 rings (SSSR count). The van der Waals surface area contributed by atoms with Crippen LogP contribution in [0.25, 0.3) is 0 Å². The first-order valence-corrected chi connectivity index (χ1v) is 6.09. The number of piperazine rings is 1. The van der Waals surface area contributed by atoms with Crippen molar-refractivity contribution >= 4 is 29.1 Å². The van der Waals surface area contributed by atoms with Crippen LogP contribution in [0.3, 0.4) is 0 Å². The summed E-state index contributed by atoms with van der Waals surface area (Å²) in [6.07, 6.45) is 0.120. The zero-order chi connectivity index (χ0) is 13.0. The van der Waals surface area contributed by atoms with Gasteiger partial charge in [-0.1, -0.05) is 11.6 Å². The van der Waals surface area contributed by atoms with Crippen LogP contribution in [0.5, 0.6) is 0 Å². The van der Waals surface area contributed by atoms with Gasteiger partial charge in [-0.2, -0.15) is 0 Å². The highest BCUT2D eigenvalue weighted by molar-refractivity contribution is 6.30. The van der Waals surface area contributed by atoms with Crippen molar-refractivity contribution in [3.8, 4) is 0 Å². The molecule has 1 atom stereocenters. The van der Waals surface area contributed by atoms with E-state index < -0.39 is 6.04 Å². The van der Waals surface area contributed by atoms with E-state index in [-0.39, 0.29) is 18.2 Å². The van der Waals surface area contributed by atoms with Crippen molar-refractivity contribution < 1.29 is 9.59 Å². The maximum absolute atomic E-state index is 11.7. The van der Waals surface area contributed by atoms with Crippen LogP contribution in [-0.4, -0.2) is 30.9 Å². The maximum atomic E-state index is 11.7. The van der Waals surface area contributed by atoms with Crippen molar-refractivity contribution in [1.82, 2.24) is 10.6 Å². The first kappa shape index (κ1) is 12.9. The minimum Gasteiger partial charge on any atom is -0.353 e. The van der Waals surface area contributed by atoms with Crippen molar-refractivity contribution in [3.05, 3.63) is 29.3 Å². The SMILES string of the molecule is O=C(CC1NCCNC1=O)Nc1ccc(Cl)cc1. The van der Waals surface area contributed by atoms with Crippen LogP contribution in [0, 0.1) is 0 Å². The van der Waals surface area contributed by atoms with Gasteiger partial charge in [-0.15, -0.1) is 0 Å². The topological polar surface area (TPSA) is 70.2 Å². The first-order chi connectivity index (χ1) is 8.65. The van der Waals surface area contributed by atoms with Gasteiger partial charge in [0.05, 0.1) is 12.5 Å². The molecule has 0 bridgehead atoms. The highest BCUT2D eigenvalue weighted by Crippen LogP contribution is 2.13. The van der Waals surface area contributed by atoms with Gasteiger partial charge in [0.25, 0.3) is 0 Å². The number of hydrogen-bond acceptors (Lipinski definition) is 3. The molecule has 5 nitrogen and oxygen atoms in total. The summed E-state index contributed by atoms with van der Waals surface area (Å²) in [4.78, 5) is 23.2. The number of anilines is 1. The smallest absolute Gasteiger partial charge is 0.237 e. The molecule has 1 aromatic carbocycles. The zero-order valence-corrected chi connectivity index (χ0v) is 10.5. The Morgan fingerprint density at radius 2 is 2.06 bits per heavy atom. The second-order valence-corrected chi connectivity index (χ2v) is 4.49. The molecule has 1 heterocycles. The molecule has 0 spiro atoms. The molecule has 0 aromatic heterocycles. The molecular weight excluding hydrogens is 254 g/mol. The Hall–Kier alpha value is -1.59. The van der Waals surface area contributed by atoms with Crippen molar-refractivity contribution in [3.63, 3.8) is 0 Å². The van der Waals surface area contributed by atoms with Crippen LogP contribution in [0.15, 0.2) is 24.3 Å². The van der Waals surface area contributed by atoms with E-state index in [1.807, 2.05) is 0 Å². The number of halogens is 1. The van der Waals surface area contributed by atoms with Gasteiger partial charge >= 0.3 is 0 Å². The van der Waals surface area contributed by atoms with Crippen LogP contribution >= 0.6 is 11.6 Å². The molecule has 96 valence electrons. The van der Waals surface area contributed by atoms with Gasteiger partial charge in [-0.25, -0.2) is 0 Å². The molecule has 0 aliphatic carbocycles. The zero-order valence-electron chi connectivity index (χ0n) is 9.70. The van der Waals surface area contributed by atoms with E-state index in [1.54, 1.807) is 24.3 Å². The van der Waals surface area contributed by atoms with Crippen LogP contribution in [0.1, 0.15) is 6.42 Å². The number of benzene rings is 1. The summed E-state index contributed by atoms with van der Waals surface area (Å²) >= 11 is 5.75. The van der Waals surface area contributed by atoms with Crippen molar-refractivity contribution in [2.24, 2.45) is 0 Å². The minimum atomic E-state index is -0.453. The van der Waals surface area contributed by atoms with E-state index in [9.17, 15) is 9.59 Å². The monoisotopic (exact) mass is 267 g/mol. The Bertz CT molecular complexity index is 447. The Morgan fingerprint density at radius 3 is 2.72 bits per heavy atom. The number of carbonyl (C=O) groups excluding carboxylic acids is 2. The average molecular weight is 268 g/mol. The summed E-state index contributed by atoms with van der Waals surface area (Å²) in [6, 6.07) is 6.38. The fraction of sp³-hybridized carbons (Fsp3) is 0.333.